The van der Waals surface area contributed by atoms with Crippen LogP contribution in [0.5, 0.6) is 0 Å². The summed E-state index contributed by atoms with van der Waals surface area (Å²) >= 11 is 0. The molecular weight excluding hydrogens is 200 g/mol. The van der Waals surface area contributed by atoms with Gasteiger partial charge in [-0.2, -0.15) is 0 Å². The predicted octanol–water partition coefficient (Wildman–Crippen LogP) is 2.97. The molecule has 1 aromatic heterocycles. The zero-order valence-corrected chi connectivity index (χ0v) is 9.35. The summed E-state index contributed by atoms with van der Waals surface area (Å²) < 4.78 is 0. The van der Waals surface area contributed by atoms with Gasteiger partial charge in [0, 0.05) is 12.1 Å². The molecule has 0 saturated heterocycles. The van der Waals surface area contributed by atoms with Gasteiger partial charge in [0.15, 0.2) is 0 Å². The van der Waals surface area contributed by atoms with Crippen LogP contribution < -0.4 is 0 Å². The molecule has 0 radical (unpaired) electrons. The monoisotopic (exact) mass is 216 g/mol. The van der Waals surface area contributed by atoms with E-state index in [4.69, 9.17) is 0 Å². The van der Waals surface area contributed by atoms with Crippen molar-refractivity contribution < 1.29 is 4.79 Å². The van der Waals surface area contributed by atoms with Crippen molar-refractivity contribution in [2.24, 2.45) is 4.99 Å². The largest absolute Gasteiger partial charge is 0.278 e. The number of aromatic nitrogens is 1. The molecule has 1 saturated carbocycles. The highest BCUT2D eigenvalue weighted by Crippen LogP contribution is 2.33. The Morgan fingerprint density at radius 1 is 1.38 bits per heavy atom. The van der Waals surface area contributed by atoms with Crippen molar-refractivity contribution in [1.82, 2.24) is 4.98 Å². The van der Waals surface area contributed by atoms with Gasteiger partial charge in [0.25, 0.3) is 5.91 Å². The van der Waals surface area contributed by atoms with Crippen molar-refractivity contribution in [2.75, 3.05) is 0 Å². The molecule has 0 unspecified atom stereocenters. The predicted molar refractivity (Wildman–Crippen MR) is 63.9 cm³/mol. The number of aliphatic imine (C=N–C) groups is 1. The summed E-state index contributed by atoms with van der Waals surface area (Å²) in [5, 5.41) is 0. The van der Waals surface area contributed by atoms with Crippen molar-refractivity contribution in [2.45, 2.75) is 38.0 Å². The summed E-state index contributed by atoms with van der Waals surface area (Å²) in [4.78, 5) is 19.5. The SMILES string of the molecule is C=NC(=O)c1cccnc1C1CCCCC1. The van der Waals surface area contributed by atoms with Crippen LogP contribution in [0.1, 0.15) is 54.1 Å². The van der Waals surface area contributed by atoms with Crippen LogP contribution in [-0.4, -0.2) is 17.6 Å². The normalized spacial score (nSPS) is 17.0. The first-order valence-corrected chi connectivity index (χ1v) is 5.79. The van der Waals surface area contributed by atoms with E-state index in [-0.39, 0.29) is 5.91 Å². The lowest BCUT2D eigenvalue weighted by Gasteiger charge is -2.22. The first kappa shape index (κ1) is 11.0. The van der Waals surface area contributed by atoms with Crippen LogP contribution >= 0.6 is 0 Å². The lowest BCUT2D eigenvalue weighted by molar-refractivity contribution is 0.100. The van der Waals surface area contributed by atoms with Gasteiger partial charge >= 0.3 is 0 Å². The Morgan fingerprint density at radius 3 is 2.81 bits per heavy atom. The third-order valence-electron chi connectivity index (χ3n) is 3.20. The number of pyridine rings is 1. The summed E-state index contributed by atoms with van der Waals surface area (Å²) in [6, 6.07) is 3.58. The topological polar surface area (TPSA) is 42.3 Å². The maximum absolute atomic E-state index is 11.6. The molecule has 0 N–H and O–H groups in total. The molecule has 0 aromatic carbocycles. The lowest BCUT2D eigenvalue weighted by atomic mass is 9.85. The molecule has 3 nitrogen and oxygen atoms in total. The van der Waals surface area contributed by atoms with E-state index < -0.39 is 0 Å². The molecule has 0 bridgehead atoms. The average molecular weight is 216 g/mol. The fraction of sp³-hybridized carbons (Fsp3) is 0.462. The fourth-order valence-corrected chi connectivity index (χ4v) is 2.38. The molecular formula is C13H16N2O. The second kappa shape index (κ2) is 5.01. The summed E-state index contributed by atoms with van der Waals surface area (Å²) in [7, 11) is 0. The van der Waals surface area contributed by atoms with Gasteiger partial charge in [-0.1, -0.05) is 19.3 Å². The van der Waals surface area contributed by atoms with E-state index in [0.29, 0.717) is 11.5 Å². The van der Waals surface area contributed by atoms with E-state index in [0.717, 1.165) is 18.5 Å². The molecule has 1 aromatic rings. The van der Waals surface area contributed by atoms with Crippen molar-refractivity contribution in [3.63, 3.8) is 0 Å². The van der Waals surface area contributed by atoms with Crippen LogP contribution in [0, 0.1) is 0 Å². The van der Waals surface area contributed by atoms with Gasteiger partial charge in [-0.25, -0.2) is 4.99 Å². The Hall–Kier alpha value is -1.51. The van der Waals surface area contributed by atoms with E-state index in [1.165, 1.54) is 19.3 Å². The highest BCUT2D eigenvalue weighted by Gasteiger charge is 2.21. The number of rotatable bonds is 2. The molecule has 16 heavy (non-hydrogen) atoms. The second-order valence-corrected chi connectivity index (χ2v) is 4.23. The third-order valence-corrected chi connectivity index (χ3v) is 3.20. The minimum absolute atomic E-state index is 0.256. The van der Waals surface area contributed by atoms with Crippen LogP contribution in [-0.2, 0) is 0 Å². The summed E-state index contributed by atoms with van der Waals surface area (Å²) in [5.74, 6) is 0.171. The van der Waals surface area contributed by atoms with E-state index >= 15 is 0 Å². The van der Waals surface area contributed by atoms with E-state index in [1.807, 2.05) is 0 Å². The van der Waals surface area contributed by atoms with Gasteiger partial charge in [0.2, 0.25) is 0 Å². The quantitative estimate of drug-likeness (QED) is 0.713. The molecule has 0 atom stereocenters. The molecule has 2 rings (SSSR count). The highest BCUT2D eigenvalue weighted by molar-refractivity contribution is 5.98. The molecule has 0 aliphatic heterocycles. The fourth-order valence-electron chi connectivity index (χ4n) is 2.38. The molecule has 3 heteroatoms. The van der Waals surface area contributed by atoms with Crippen LogP contribution in [0.15, 0.2) is 23.3 Å². The van der Waals surface area contributed by atoms with Gasteiger partial charge in [-0.05, 0) is 31.7 Å². The van der Waals surface area contributed by atoms with Crippen molar-refractivity contribution in [3.05, 3.63) is 29.6 Å². The lowest BCUT2D eigenvalue weighted by Crippen LogP contribution is -2.11. The molecule has 0 spiro atoms. The third kappa shape index (κ3) is 2.18. The number of nitrogens with zero attached hydrogens (tertiary/aromatic N) is 2. The Morgan fingerprint density at radius 2 is 2.12 bits per heavy atom. The molecule has 1 amide bonds. The van der Waals surface area contributed by atoms with Gasteiger partial charge < -0.3 is 0 Å². The second-order valence-electron chi connectivity index (χ2n) is 4.23. The van der Waals surface area contributed by atoms with Crippen LogP contribution in [0.4, 0.5) is 0 Å². The zero-order valence-electron chi connectivity index (χ0n) is 9.35. The minimum atomic E-state index is -0.256. The van der Waals surface area contributed by atoms with Gasteiger partial charge in [-0.3, -0.25) is 9.78 Å². The maximum atomic E-state index is 11.6. The van der Waals surface area contributed by atoms with Crippen molar-refractivity contribution >= 4 is 12.6 Å². The molecule has 84 valence electrons. The zero-order chi connectivity index (χ0) is 11.4. The van der Waals surface area contributed by atoms with Gasteiger partial charge in [-0.15, -0.1) is 0 Å². The van der Waals surface area contributed by atoms with E-state index in [1.54, 1.807) is 18.3 Å². The van der Waals surface area contributed by atoms with E-state index in [2.05, 4.69) is 16.7 Å². The van der Waals surface area contributed by atoms with Gasteiger partial charge in [0.05, 0.1) is 11.3 Å². The highest BCUT2D eigenvalue weighted by atomic mass is 16.1. The Balaban J connectivity index is 2.31. The van der Waals surface area contributed by atoms with Crippen LogP contribution in [0.25, 0.3) is 0 Å². The number of carbonyl (C=O) groups is 1. The number of amides is 1. The Kier molecular flexibility index (Phi) is 3.44. The van der Waals surface area contributed by atoms with Gasteiger partial charge in [0.1, 0.15) is 0 Å². The number of carbonyl (C=O) groups excluding carboxylic acids is 1. The molecule has 1 aliphatic rings. The Bertz CT molecular complexity index is 395. The van der Waals surface area contributed by atoms with Crippen molar-refractivity contribution in [3.8, 4) is 0 Å². The standard InChI is InChI=1S/C13H16N2O/c1-14-13(16)11-8-5-9-15-12(11)10-6-3-2-4-7-10/h5,8-10H,1-4,6-7H2. The minimum Gasteiger partial charge on any atom is -0.267 e. The summed E-state index contributed by atoms with van der Waals surface area (Å²) in [6.45, 7) is 3.30. The van der Waals surface area contributed by atoms with E-state index in [9.17, 15) is 4.79 Å². The molecule has 1 heterocycles. The maximum Gasteiger partial charge on any atom is 0.278 e. The summed E-state index contributed by atoms with van der Waals surface area (Å²) in [5.41, 5.74) is 1.55. The number of hydrogen-bond donors (Lipinski definition) is 0. The molecule has 1 aliphatic carbocycles. The van der Waals surface area contributed by atoms with Crippen LogP contribution in [0.2, 0.25) is 0 Å². The van der Waals surface area contributed by atoms with Crippen molar-refractivity contribution in [1.29, 1.82) is 0 Å². The summed E-state index contributed by atoms with van der Waals surface area (Å²) in [6.07, 6.45) is 7.78. The Labute approximate surface area is 95.6 Å². The first-order chi connectivity index (χ1) is 7.83. The molecule has 1 fully saturated rings. The smallest absolute Gasteiger partial charge is 0.267 e. The van der Waals surface area contributed by atoms with Crippen LogP contribution in [0.3, 0.4) is 0 Å². The average Bonchev–Trinajstić information content (AvgIpc) is 2.39. The number of hydrogen-bond acceptors (Lipinski definition) is 2. The first-order valence-electron chi connectivity index (χ1n) is 5.79.